The Morgan fingerprint density at radius 2 is 1.28 bits per heavy atom. The van der Waals surface area contributed by atoms with Crippen molar-refractivity contribution in [3.05, 3.63) is 0 Å². The van der Waals surface area contributed by atoms with Crippen molar-refractivity contribution in [2.45, 2.75) is 71.1 Å². The Bertz CT molecular complexity index is 244. The van der Waals surface area contributed by atoms with Crippen molar-refractivity contribution < 1.29 is 0 Å². The third-order valence-corrected chi connectivity index (χ3v) is 4.68. The molecule has 0 bridgehead atoms. The van der Waals surface area contributed by atoms with E-state index in [1.807, 2.05) is 0 Å². The number of nitrogens with zero attached hydrogens (tertiary/aromatic N) is 2. The Labute approximate surface area is 113 Å². The average Bonchev–Trinajstić information content (AvgIpc) is 2.78. The highest BCUT2D eigenvalue weighted by Gasteiger charge is 2.27. The van der Waals surface area contributed by atoms with Crippen molar-refractivity contribution in [1.29, 1.82) is 0 Å². The fourth-order valence-corrected chi connectivity index (χ4v) is 3.31. The predicted octanol–water partition coefficient (Wildman–Crippen LogP) is 1.93. The van der Waals surface area contributed by atoms with E-state index < -0.39 is 0 Å². The van der Waals surface area contributed by atoms with Crippen LogP contribution >= 0.6 is 0 Å². The summed E-state index contributed by atoms with van der Waals surface area (Å²) in [5.41, 5.74) is 0. The zero-order chi connectivity index (χ0) is 13.1. The van der Waals surface area contributed by atoms with Crippen molar-refractivity contribution >= 4 is 0 Å². The lowest BCUT2D eigenvalue weighted by Gasteiger charge is -2.36. The largest absolute Gasteiger partial charge is 0.310 e. The molecular weight excluding hydrogens is 222 g/mol. The molecular formula is C15H31N3. The van der Waals surface area contributed by atoms with Crippen molar-refractivity contribution in [3.63, 3.8) is 0 Å². The van der Waals surface area contributed by atoms with Crippen LogP contribution in [0, 0.1) is 0 Å². The number of hydrogen-bond donors (Lipinski definition) is 1. The van der Waals surface area contributed by atoms with Gasteiger partial charge < -0.3 is 10.2 Å². The molecule has 0 radical (unpaired) electrons. The van der Waals surface area contributed by atoms with Gasteiger partial charge in [-0.15, -0.1) is 0 Å². The molecule has 2 saturated heterocycles. The second-order valence-electron chi connectivity index (χ2n) is 6.64. The molecule has 2 aliphatic heterocycles. The highest BCUT2D eigenvalue weighted by molar-refractivity contribution is 4.87. The Kier molecular flexibility index (Phi) is 5.05. The predicted molar refractivity (Wildman–Crippen MR) is 78.0 cm³/mol. The molecule has 18 heavy (non-hydrogen) atoms. The minimum Gasteiger partial charge on any atom is -0.310 e. The first-order valence-electron chi connectivity index (χ1n) is 7.80. The molecule has 3 heteroatoms. The van der Waals surface area contributed by atoms with Crippen LogP contribution in [-0.2, 0) is 0 Å². The molecule has 106 valence electrons. The monoisotopic (exact) mass is 253 g/mol. The van der Waals surface area contributed by atoms with E-state index in [4.69, 9.17) is 0 Å². The van der Waals surface area contributed by atoms with E-state index in [-0.39, 0.29) is 0 Å². The molecule has 1 unspecified atom stereocenters. The summed E-state index contributed by atoms with van der Waals surface area (Å²) < 4.78 is 0. The van der Waals surface area contributed by atoms with E-state index in [2.05, 4.69) is 42.8 Å². The molecule has 0 aromatic rings. The molecule has 2 aliphatic rings. The zero-order valence-electron chi connectivity index (χ0n) is 12.7. The average molecular weight is 253 g/mol. The van der Waals surface area contributed by atoms with Crippen LogP contribution in [0.25, 0.3) is 0 Å². The summed E-state index contributed by atoms with van der Waals surface area (Å²) in [5.74, 6) is 0. The molecule has 0 saturated carbocycles. The summed E-state index contributed by atoms with van der Waals surface area (Å²) >= 11 is 0. The van der Waals surface area contributed by atoms with Gasteiger partial charge in [-0.25, -0.2) is 0 Å². The fourth-order valence-electron chi connectivity index (χ4n) is 3.31. The lowest BCUT2D eigenvalue weighted by molar-refractivity contribution is 0.155. The molecule has 2 heterocycles. The van der Waals surface area contributed by atoms with Gasteiger partial charge in [0.25, 0.3) is 0 Å². The van der Waals surface area contributed by atoms with E-state index in [0.29, 0.717) is 12.1 Å². The minimum atomic E-state index is 0.708. The molecule has 0 aliphatic carbocycles. The van der Waals surface area contributed by atoms with Crippen LogP contribution in [0.5, 0.6) is 0 Å². The van der Waals surface area contributed by atoms with Gasteiger partial charge >= 0.3 is 0 Å². The third kappa shape index (κ3) is 3.69. The van der Waals surface area contributed by atoms with Crippen molar-refractivity contribution in [2.24, 2.45) is 0 Å². The molecule has 0 aromatic heterocycles. The van der Waals surface area contributed by atoms with Crippen molar-refractivity contribution in [1.82, 2.24) is 15.1 Å². The lowest BCUT2D eigenvalue weighted by atomic mass is 10.0. The minimum absolute atomic E-state index is 0.708. The Morgan fingerprint density at radius 3 is 1.78 bits per heavy atom. The molecule has 0 aromatic carbocycles. The summed E-state index contributed by atoms with van der Waals surface area (Å²) in [6, 6.07) is 2.92. The van der Waals surface area contributed by atoms with Gasteiger partial charge in [-0.2, -0.15) is 0 Å². The van der Waals surface area contributed by atoms with Gasteiger partial charge in [-0.05, 0) is 66.6 Å². The first-order valence-corrected chi connectivity index (χ1v) is 7.80. The smallest absolute Gasteiger partial charge is 0.0209 e. The van der Waals surface area contributed by atoms with Crippen LogP contribution in [0.15, 0.2) is 0 Å². The molecule has 1 N–H and O–H groups in total. The maximum atomic E-state index is 3.89. The van der Waals surface area contributed by atoms with Crippen LogP contribution < -0.4 is 5.32 Å². The second kappa shape index (κ2) is 6.36. The first-order chi connectivity index (χ1) is 8.56. The summed E-state index contributed by atoms with van der Waals surface area (Å²) in [6.45, 7) is 14.3. The fraction of sp³-hybridized carbons (Fsp3) is 1.00. The van der Waals surface area contributed by atoms with Gasteiger partial charge in [-0.1, -0.05) is 0 Å². The van der Waals surface area contributed by atoms with E-state index in [0.717, 1.165) is 12.1 Å². The second-order valence-corrected chi connectivity index (χ2v) is 6.64. The summed E-state index contributed by atoms with van der Waals surface area (Å²) in [5, 5.41) is 3.89. The third-order valence-electron chi connectivity index (χ3n) is 4.68. The highest BCUT2D eigenvalue weighted by Crippen LogP contribution is 2.17. The van der Waals surface area contributed by atoms with Gasteiger partial charge in [0.1, 0.15) is 0 Å². The number of hydrogen-bond acceptors (Lipinski definition) is 3. The van der Waals surface area contributed by atoms with Gasteiger partial charge in [0.2, 0.25) is 0 Å². The van der Waals surface area contributed by atoms with Crippen LogP contribution in [0.1, 0.15) is 47.0 Å². The summed E-state index contributed by atoms with van der Waals surface area (Å²) in [7, 11) is 0. The maximum absolute atomic E-state index is 3.89. The van der Waals surface area contributed by atoms with E-state index >= 15 is 0 Å². The molecule has 3 nitrogen and oxygen atoms in total. The maximum Gasteiger partial charge on any atom is 0.0209 e. The van der Waals surface area contributed by atoms with Crippen LogP contribution in [-0.4, -0.2) is 60.1 Å². The van der Waals surface area contributed by atoms with Gasteiger partial charge in [0, 0.05) is 30.7 Å². The zero-order valence-corrected chi connectivity index (χ0v) is 12.7. The number of rotatable bonds is 4. The first kappa shape index (κ1) is 14.3. The highest BCUT2D eigenvalue weighted by atomic mass is 15.2. The van der Waals surface area contributed by atoms with Gasteiger partial charge in [-0.3, -0.25) is 4.90 Å². The molecule has 1 atom stereocenters. The summed E-state index contributed by atoms with van der Waals surface area (Å²) in [4.78, 5) is 5.20. The quantitative estimate of drug-likeness (QED) is 0.826. The van der Waals surface area contributed by atoms with E-state index in [1.165, 1.54) is 45.4 Å². The van der Waals surface area contributed by atoms with Crippen LogP contribution in [0.2, 0.25) is 0 Å². The number of likely N-dealkylation sites (tertiary alicyclic amines) is 2. The number of nitrogens with one attached hydrogen (secondary N) is 1. The number of piperidine rings is 1. The van der Waals surface area contributed by atoms with Gasteiger partial charge in [0.15, 0.2) is 0 Å². The van der Waals surface area contributed by atoms with Crippen molar-refractivity contribution in [2.75, 3.05) is 26.2 Å². The standard InChI is InChI=1S/C15H31N3/c1-12(2)17-8-5-14(6-9-17)16-15-7-10-18(11-15)13(3)4/h12-16H,5-11H2,1-4H3. The molecule has 0 spiro atoms. The van der Waals surface area contributed by atoms with Gasteiger partial charge in [0.05, 0.1) is 0 Å². The topological polar surface area (TPSA) is 18.5 Å². The Hall–Kier alpha value is -0.120. The molecule has 2 rings (SSSR count). The van der Waals surface area contributed by atoms with Crippen LogP contribution in [0.3, 0.4) is 0 Å². The normalized spacial score (nSPS) is 28.7. The Morgan fingerprint density at radius 1 is 0.778 bits per heavy atom. The summed E-state index contributed by atoms with van der Waals surface area (Å²) in [6.07, 6.45) is 4.00. The van der Waals surface area contributed by atoms with E-state index in [1.54, 1.807) is 0 Å². The SMILES string of the molecule is CC(C)N1CCC(NC2CCN(C(C)C)C2)CC1. The molecule has 2 fully saturated rings. The van der Waals surface area contributed by atoms with Crippen LogP contribution in [0.4, 0.5) is 0 Å². The van der Waals surface area contributed by atoms with Crippen molar-refractivity contribution in [3.8, 4) is 0 Å². The van der Waals surface area contributed by atoms with E-state index in [9.17, 15) is 0 Å². The Balaban J connectivity index is 1.69. The molecule has 0 amide bonds. The lowest BCUT2D eigenvalue weighted by Crippen LogP contribution is -2.48.